The highest BCUT2D eigenvalue weighted by Gasteiger charge is 2.31. The van der Waals surface area contributed by atoms with Gasteiger partial charge in [0, 0.05) is 6.04 Å². The van der Waals surface area contributed by atoms with Crippen molar-refractivity contribution in [1.82, 2.24) is 5.32 Å². The standard InChI is InChI=1S/C9H13F3N2/c10-9(11,12)6-14-8-4-2-1-3-7(8)5-13/h7-8,14H,1-4,6H2. The lowest BCUT2D eigenvalue weighted by molar-refractivity contribution is -0.127. The molecule has 0 radical (unpaired) electrons. The van der Waals surface area contributed by atoms with E-state index in [9.17, 15) is 13.2 Å². The van der Waals surface area contributed by atoms with Crippen molar-refractivity contribution in [3.8, 4) is 6.07 Å². The lowest BCUT2D eigenvalue weighted by Crippen LogP contribution is -2.42. The number of nitrogens with zero attached hydrogens (tertiary/aromatic N) is 1. The number of nitrogens with one attached hydrogen (secondary N) is 1. The smallest absolute Gasteiger partial charge is 0.305 e. The van der Waals surface area contributed by atoms with Gasteiger partial charge in [-0.3, -0.25) is 0 Å². The topological polar surface area (TPSA) is 35.8 Å². The fourth-order valence-corrected chi connectivity index (χ4v) is 1.78. The summed E-state index contributed by atoms with van der Waals surface area (Å²) in [6.07, 6.45) is -0.937. The molecule has 0 amide bonds. The van der Waals surface area contributed by atoms with E-state index in [0.717, 1.165) is 12.8 Å². The quantitative estimate of drug-likeness (QED) is 0.752. The van der Waals surface area contributed by atoms with Crippen LogP contribution in [0, 0.1) is 17.2 Å². The van der Waals surface area contributed by atoms with Gasteiger partial charge in [-0.25, -0.2) is 0 Å². The van der Waals surface area contributed by atoms with E-state index >= 15 is 0 Å². The van der Waals surface area contributed by atoms with Crippen LogP contribution in [-0.4, -0.2) is 18.8 Å². The fraction of sp³-hybridized carbons (Fsp3) is 0.889. The molecule has 0 saturated heterocycles. The zero-order valence-electron chi connectivity index (χ0n) is 7.77. The van der Waals surface area contributed by atoms with E-state index in [1.807, 2.05) is 0 Å². The third kappa shape index (κ3) is 3.54. The molecule has 0 aliphatic heterocycles. The van der Waals surface area contributed by atoms with Gasteiger partial charge in [0.1, 0.15) is 0 Å². The van der Waals surface area contributed by atoms with Crippen molar-refractivity contribution in [2.75, 3.05) is 6.54 Å². The Labute approximate surface area is 81.1 Å². The SMILES string of the molecule is N#CC1CCCCC1NCC(F)(F)F. The van der Waals surface area contributed by atoms with Gasteiger partial charge in [0.05, 0.1) is 18.5 Å². The number of nitriles is 1. The summed E-state index contributed by atoms with van der Waals surface area (Å²) in [4.78, 5) is 0. The minimum Gasteiger partial charge on any atom is -0.305 e. The number of halogens is 3. The molecule has 1 N–H and O–H groups in total. The highest BCUT2D eigenvalue weighted by molar-refractivity contribution is 4.94. The van der Waals surface area contributed by atoms with Crippen molar-refractivity contribution in [1.29, 1.82) is 5.26 Å². The molecule has 2 atom stereocenters. The van der Waals surface area contributed by atoms with Crippen LogP contribution in [0.15, 0.2) is 0 Å². The summed E-state index contributed by atoms with van der Waals surface area (Å²) in [5, 5.41) is 11.1. The first-order valence-corrected chi connectivity index (χ1v) is 4.72. The second-order valence-corrected chi connectivity index (χ2v) is 3.62. The molecule has 1 saturated carbocycles. The summed E-state index contributed by atoms with van der Waals surface area (Å²) in [6, 6.07) is 1.78. The van der Waals surface area contributed by atoms with E-state index in [-0.39, 0.29) is 12.0 Å². The van der Waals surface area contributed by atoms with Gasteiger partial charge in [0.2, 0.25) is 0 Å². The van der Waals surface area contributed by atoms with Crippen LogP contribution >= 0.6 is 0 Å². The van der Waals surface area contributed by atoms with Crippen molar-refractivity contribution < 1.29 is 13.2 Å². The van der Waals surface area contributed by atoms with Crippen molar-refractivity contribution in [3.05, 3.63) is 0 Å². The molecule has 0 aromatic carbocycles. The molecular formula is C9H13F3N2. The highest BCUT2D eigenvalue weighted by atomic mass is 19.4. The Hall–Kier alpha value is -0.760. The van der Waals surface area contributed by atoms with Gasteiger partial charge in [0.25, 0.3) is 0 Å². The molecule has 0 aromatic rings. The molecular weight excluding hydrogens is 193 g/mol. The minimum absolute atomic E-state index is 0.258. The molecule has 14 heavy (non-hydrogen) atoms. The second-order valence-electron chi connectivity index (χ2n) is 3.62. The maximum absolute atomic E-state index is 11.9. The Kier molecular flexibility index (Phi) is 3.76. The average Bonchev–Trinajstić information content (AvgIpc) is 2.14. The van der Waals surface area contributed by atoms with E-state index in [1.54, 1.807) is 0 Å². The van der Waals surface area contributed by atoms with Crippen LogP contribution in [0.3, 0.4) is 0 Å². The molecule has 0 heterocycles. The van der Waals surface area contributed by atoms with Gasteiger partial charge in [-0.2, -0.15) is 18.4 Å². The van der Waals surface area contributed by atoms with Crippen LogP contribution in [-0.2, 0) is 0 Å². The zero-order valence-corrected chi connectivity index (χ0v) is 7.77. The monoisotopic (exact) mass is 206 g/mol. The molecule has 1 aliphatic rings. The van der Waals surface area contributed by atoms with Crippen LogP contribution in [0.2, 0.25) is 0 Å². The molecule has 0 bridgehead atoms. The van der Waals surface area contributed by atoms with E-state index in [2.05, 4.69) is 11.4 Å². The third-order valence-electron chi connectivity index (χ3n) is 2.50. The molecule has 2 nitrogen and oxygen atoms in total. The largest absolute Gasteiger partial charge is 0.401 e. The number of rotatable bonds is 2. The molecule has 80 valence electrons. The Morgan fingerprint density at radius 1 is 1.29 bits per heavy atom. The van der Waals surface area contributed by atoms with Crippen molar-refractivity contribution in [3.63, 3.8) is 0 Å². The van der Waals surface area contributed by atoms with Crippen molar-refractivity contribution in [2.24, 2.45) is 5.92 Å². The lowest BCUT2D eigenvalue weighted by atomic mass is 9.85. The fourth-order valence-electron chi connectivity index (χ4n) is 1.78. The summed E-state index contributed by atoms with van der Waals surface area (Å²) in [7, 11) is 0. The molecule has 5 heteroatoms. The second kappa shape index (κ2) is 4.65. The van der Waals surface area contributed by atoms with Crippen LogP contribution < -0.4 is 5.32 Å². The van der Waals surface area contributed by atoms with Crippen molar-refractivity contribution in [2.45, 2.75) is 37.9 Å². The number of alkyl halides is 3. The molecule has 0 aromatic heterocycles. The summed E-state index contributed by atoms with van der Waals surface area (Å²) >= 11 is 0. The summed E-state index contributed by atoms with van der Waals surface area (Å²) in [5.41, 5.74) is 0. The normalized spacial score (nSPS) is 28.4. The van der Waals surface area contributed by atoms with Crippen LogP contribution in [0.25, 0.3) is 0 Å². The molecule has 1 rings (SSSR count). The number of hydrogen-bond donors (Lipinski definition) is 1. The molecule has 1 aliphatic carbocycles. The average molecular weight is 206 g/mol. The highest BCUT2D eigenvalue weighted by Crippen LogP contribution is 2.24. The zero-order chi connectivity index (χ0) is 10.6. The van der Waals surface area contributed by atoms with Crippen molar-refractivity contribution >= 4 is 0 Å². The lowest BCUT2D eigenvalue weighted by Gasteiger charge is -2.27. The first-order valence-electron chi connectivity index (χ1n) is 4.72. The summed E-state index contributed by atoms with van der Waals surface area (Å²) in [6.45, 7) is -0.990. The van der Waals surface area contributed by atoms with Crippen LogP contribution in [0.5, 0.6) is 0 Å². The van der Waals surface area contributed by atoms with E-state index in [4.69, 9.17) is 5.26 Å². The minimum atomic E-state index is -4.18. The van der Waals surface area contributed by atoms with Gasteiger partial charge in [-0.05, 0) is 12.8 Å². The van der Waals surface area contributed by atoms with Gasteiger partial charge in [0.15, 0.2) is 0 Å². The first kappa shape index (κ1) is 11.3. The predicted molar refractivity (Wildman–Crippen MR) is 45.4 cm³/mol. The van der Waals surface area contributed by atoms with Crippen LogP contribution in [0.4, 0.5) is 13.2 Å². The van der Waals surface area contributed by atoms with Gasteiger partial charge >= 0.3 is 6.18 Å². The maximum Gasteiger partial charge on any atom is 0.401 e. The van der Waals surface area contributed by atoms with Gasteiger partial charge < -0.3 is 5.32 Å². The Morgan fingerprint density at radius 3 is 2.50 bits per heavy atom. The Balaban J connectivity index is 2.38. The van der Waals surface area contributed by atoms with Gasteiger partial charge in [-0.1, -0.05) is 12.8 Å². The Morgan fingerprint density at radius 2 is 1.93 bits per heavy atom. The maximum atomic E-state index is 11.9. The summed E-state index contributed by atoms with van der Waals surface area (Å²) in [5.74, 6) is -0.258. The predicted octanol–water partition coefficient (Wildman–Crippen LogP) is 2.22. The number of hydrogen-bond acceptors (Lipinski definition) is 2. The Bertz CT molecular complexity index is 219. The molecule has 2 unspecified atom stereocenters. The van der Waals surface area contributed by atoms with E-state index in [1.165, 1.54) is 0 Å². The van der Waals surface area contributed by atoms with Crippen LogP contribution in [0.1, 0.15) is 25.7 Å². The third-order valence-corrected chi connectivity index (χ3v) is 2.50. The van der Waals surface area contributed by atoms with E-state index < -0.39 is 12.7 Å². The summed E-state index contributed by atoms with van der Waals surface area (Å²) < 4.78 is 35.7. The molecule has 0 spiro atoms. The van der Waals surface area contributed by atoms with Gasteiger partial charge in [-0.15, -0.1) is 0 Å². The molecule has 1 fully saturated rings. The first-order chi connectivity index (χ1) is 6.53. The van der Waals surface area contributed by atoms with E-state index in [0.29, 0.717) is 12.8 Å².